The summed E-state index contributed by atoms with van der Waals surface area (Å²) in [5, 5.41) is 11.4. The number of nitrogens with zero attached hydrogens (tertiary/aromatic N) is 4. The zero-order valence-corrected chi connectivity index (χ0v) is 28.1. The summed E-state index contributed by atoms with van der Waals surface area (Å²) in [4.78, 5) is 14.7. The van der Waals surface area contributed by atoms with Gasteiger partial charge in [0, 0.05) is 36.0 Å². The van der Waals surface area contributed by atoms with Crippen molar-refractivity contribution >= 4 is 28.2 Å². The average Bonchev–Trinajstić information content (AvgIpc) is 3.53. The van der Waals surface area contributed by atoms with E-state index in [1.165, 1.54) is 75.8 Å². The van der Waals surface area contributed by atoms with Crippen LogP contribution < -0.4 is 10.6 Å². The Kier molecular flexibility index (Phi) is 10.1. The lowest BCUT2D eigenvalue weighted by atomic mass is 9.93. The predicted molar refractivity (Wildman–Crippen MR) is 179 cm³/mol. The molecule has 2 aliphatic heterocycles. The summed E-state index contributed by atoms with van der Waals surface area (Å²) in [6.07, 6.45) is 9.75. The molecule has 234 valence electrons. The minimum Gasteiger partial charge on any atom is -0.444 e. The Morgan fingerprint density at radius 2 is 1.77 bits per heavy atom. The summed E-state index contributed by atoms with van der Waals surface area (Å²) in [6.45, 7) is 13.4. The van der Waals surface area contributed by atoms with Crippen LogP contribution >= 0.6 is 23.1 Å². The van der Waals surface area contributed by atoms with E-state index >= 15 is 0 Å². The largest absolute Gasteiger partial charge is 0.444 e. The molecule has 2 saturated heterocycles. The number of nitrogens with one attached hydrogen (secondary N) is 2. The number of likely N-dealkylation sites (tertiary alicyclic amines) is 2. The van der Waals surface area contributed by atoms with E-state index in [-0.39, 0.29) is 5.41 Å². The first-order valence-corrected chi connectivity index (χ1v) is 18.2. The SMILES string of the molecule is CNC(c1ccc(CN2CCC(N3CCC(CNc4nc(SCc5ncc(C(C)(C)C)o5)cs4)CC3)CC2)cc1)C1CC1. The molecule has 43 heavy (non-hydrogen) atoms. The highest BCUT2D eigenvalue weighted by atomic mass is 32.2. The number of thioether (sulfide) groups is 1. The Hall–Kier alpha value is -1.91. The van der Waals surface area contributed by atoms with Crippen LogP contribution in [0.4, 0.5) is 5.13 Å². The topological polar surface area (TPSA) is 69.5 Å². The molecule has 2 aromatic heterocycles. The molecule has 0 amide bonds. The molecule has 1 saturated carbocycles. The maximum atomic E-state index is 5.93. The van der Waals surface area contributed by atoms with Crippen LogP contribution in [0, 0.1) is 11.8 Å². The maximum absolute atomic E-state index is 5.93. The molecule has 4 heterocycles. The van der Waals surface area contributed by atoms with Gasteiger partial charge in [-0.1, -0.05) is 56.8 Å². The molecule has 0 bridgehead atoms. The molecule has 1 unspecified atom stereocenters. The Balaban J connectivity index is 0.869. The van der Waals surface area contributed by atoms with Crippen molar-refractivity contribution in [2.24, 2.45) is 11.8 Å². The van der Waals surface area contributed by atoms with Gasteiger partial charge in [-0.25, -0.2) is 9.97 Å². The second-order valence-corrected chi connectivity index (χ2v) is 15.7. The van der Waals surface area contributed by atoms with Crippen molar-refractivity contribution in [2.75, 3.05) is 45.1 Å². The molecule has 1 aliphatic carbocycles. The van der Waals surface area contributed by atoms with Gasteiger partial charge in [0.2, 0.25) is 5.89 Å². The van der Waals surface area contributed by atoms with Gasteiger partial charge in [-0.3, -0.25) is 4.90 Å². The first kappa shape index (κ1) is 31.1. The van der Waals surface area contributed by atoms with Gasteiger partial charge in [-0.15, -0.1) is 11.3 Å². The Bertz CT molecular complexity index is 1280. The second-order valence-electron chi connectivity index (χ2n) is 13.9. The molecule has 7 nitrogen and oxygen atoms in total. The van der Waals surface area contributed by atoms with Crippen LogP contribution in [0.1, 0.15) is 88.1 Å². The summed E-state index contributed by atoms with van der Waals surface area (Å²) < 4.78 is 5.93. The number of hydrogen-bond donors (Lipinski definition) is 2. The monoisotopic (exact) mass is 622 g/mol. The van der Waals surface area contributed by atoms with Crippen molar-refractivity contribution in [3.05, 3.63) is 58.6 Å². The lowest BCUT2D eigenvalue weighted by molar-refractivity contribution is 0.0771. The minimum absolute atomic E-state index is 0.0132. The zero-order valence-electron chi connectivity index (χ0n) is 26.5. The highest BCUT2D eigenvalue weighted by Gasteiger charge is 2.31. The van der Waals surface area contributed by atoms with Crippen LogP contribution in [-0.2, 0) is 17.7 Å². The molecule has 9 heteroatoms. The maximum Gasteiger partial charge on any atom is 0.204 e. The summed E-state index contributed by atoms with van der Waals surface area (Å²) in [5.74, 6) is 3.98. The van der Waals surface area contributed by atoms with E-state index in [0.717, 1.165) is 52.8 Å². The van der Waals surface area contributed by atoms with Gasteiger partial charge in [0.1, 0.15) is 10.8 Å². The minimum atomic E-state index is -0.0132. The summed E-state index contributed by atoms with van der Waals surface area (Å²) >= 11 is 3.39. The number of thiazole rings is 1. The van der Waals surface area contributed by atoms with Gasteiger partial charge in [0.15, 0.2) is 5.13 Å². The van der Waals surface area contributed by atoms with Crippen molar-refractivity contribution in [1.82, 2.24) is 25.1 Å². The van der Waals surface area contributed by atoms with Gasteiger partial charge in [0.25, 0.3) is 0 Å². The summed E-state index contributed by atoms with van der Waals surface area (Å²) in [7, 11) is 2.10. The summed E-state index contributed by atoms with van der Waals surface area (Å²) in [6, 6.07) is 10.7. The first-order valence-electron chi connectivity index (χ1n) is 16.3. The van der Waals surface area contributed by atoms with Crippen LogP contribution in [0.25, 0.3) is 0 Å². The van der Waals surface area contributed by atoms with Crippen molar-refractivity contribution in [1.29, 1.82) is 0 Å². The predicted octanol–water partition coefficient (Wildman–Crippen LogP) is 7.18. The molecule has 6 rings (SSSR count). The lowest BCUT2D eigenvalue weighted by Gasteiger charge is -2.42. The molecule has 0 spiro atoms. The number of oxazole rings is 1. The number of benzene rings is 1. The van der Waals surface area contributed by atoms with E-state index in [1.54, 1.807) is 23.1 Å². The molecule has 0 radical (unpaired) electrons. The highest BCUT2D eigenvalue weighted by molar-refractivity contribution is 7.98. The zero-order chi connectivity index (χ0) is 29.8. The number of rotatable bonds is 12. The van der Waals surface area contributed by atoms with E-state index in [1.807, 2.05) is 6.20 Å². The molecule has 3 aliphatic rings. The molecule has 1 aromatic carbocycles. The van der Waals surface area contributed by atoms with Crippen molar-refractivity contribution in [2.45, 2.75) is 94.1 Å². The molecule has 2 N–H and O–H groups in total. The molecular formula is C34H50N6OS2. The van der Waals surface area contributed by atoms with E-state index in [2.05, 4.69) is 82.9 Å². The fourth-order valence-electron chi connectivity index (χ4n) is 6.66. The summed E-state index contributed by atoms with van der Waals surface area (Å²) in [5.41, 5.74) is 2.90. The Labute approximate surface area is 266 Å². The van der Waals surface area contributed by atoms with E-state index in [0.29, 0.717) is 11.8 Å². The standard InChI is InChI=1S/C34H50N6OS2/c1-34(2,3)29-20-36-30(41-29)22-42-31-23-43-33(38-31)37-19-24-11-17-40(18-12-24)28-13-15-39(16-14-28)21-25-5-7-26(8-6-25)32(35-4)27-9-10-27/h5-8,20,23-24,27-28,32,35H,9-19,21-22H2,1-4H3,(H,37,38). The van der Waals surface area contributed by atoms with E-state index in [9.17, 15) is 0 Å². The molecule has 1 atom stereocenters. The smallest absolute Gasteiger partial charge is 0.204 e. The first-order chi connectivity index (χ1) is 20.8. The van der Waals surface area contributed by atoms with Crippen LogP contribution in [0.15, 0.2) is 45.3 Å². The van der Waals surface area contributed by atoms with Crippen molar-refractivity contribution < 1.29 is 4.42 Å². The van der Waals surface area contributed by atoms with Gasteiger partial charge < -0.3 is 20.0 Å². The van der Waals surface area contributed by atoms with E-state index < -0.39 is 0 Å². The van der Waals surface area contributed by atoms with Gasteiger partial charge >= 0.3 is 0 Å². The van der Waals surface area contributed by atoms with E-state index in [4.69, 9.17) is 9.40 Å². The van der Waals surface area contributed by atoms with Gasteiger partial charge in [-0.05, 0) is 94.7 Å². The Morgan fingerprint density at radius 1 is 1.02 bits per heavy atom. The molecular weight excluding hydrogens is 573 g/mol. The fraction of sp³-hybridized carbons (Fsp3) is 0.647. The van der Waals surface area contributed by atoms with Crippen LogP contribution in [0.3, 0.4) is 0 Å². The van der Waals surface area contributed by atoms with Crippen molar-refractivity contribution in [3.8, 4) is 0 Å². The van der Waals surface area contributed by atoms with Gasteiger partial charge in [-0.2, -0.15) is 0 Å². The third-order valence-electron chi connectivity index (χ3n) is 9.53. The van der Waals surface area contributed by atoms with Gasteiger partial charge in [0.05, 0.1) is 11.9 Å². The quantitative estimate of drug-likeness (QED) is 0.206. The van der Waals surface area contributed by atoms with Crippen molar-refractivity contribution in [3.63, 3.8) is 0 Å². The molecule has 3 aromatic rings. The lowest BCUT2D eigenvalue weighted by Crippen LogP contribution is -2.48. The Morgan fingerprint density at radius 3 is 2.42 bits per heavy atom. The molecule has 3 fully saturated rings. The van der Waals surface area contributed by atoms with Crippen LogP contribution in [0.2, 0.25) is 0 Å². The second kappa shape index (κ2) is 14.0. The highest BCUT2D eigenvalue weighted by Crippen LogP contribution is 2.40. The van der Waals surface area contributed by atoms with Crippen LogP contribution in [0.5, 0.6) is 0 Å². The normalized spacial score (nSPS) is 20.5. The third-order valence-corrected chi connectivity index (χ3v) is 11.4. The van der Waals surface area contributed by atoms with Crippen LogP contribution in [-0.4, -0.2) is 65.6 Å². The number of piperidine rings is 2. The third kappa shape index (κ3) is 8.42. The average molecular weight is 623 g/mol. The fourth-order valence-corrected chi connectivity index (χ4v) is 8.27. The number of hydrogen-bond acceptors (Lipinski definition) is 9. The number of anilines is 1. The number of aromatic nitrogens is 2.